The van der Waals surface area contributed by atoms with Crippen molar-refractivity contribution in [1.82, 2.24) is 14.7 Å². The lowest BCUT2D eigenvalue weighted by molar-refractivity contribution is -0.385. The predicted molar refractivity (Wildman–Crippen MR) is 150 cm³/mol. The zero-order valence-electron chi connectivity index (χ0n) is 22.5. The molecule has 222 valence electrons. The molecule has 2 fully saturated rings. The number of nitro groups is 2. The highest BCUT2D eigenvalue weighted by Crippen LogP contribution is 2.28. The van der Waals surface area contributed by atoms with Crippen molar-refractivity contribution in [1.29, 1.82) is 5.41 Å². The number of hydrogen-bond acceptors (Lipinski definition) is 11. The molecule has 0 aliphatic carbocycles. The van der Waals surface area contributed by atoms with Gasteiger partial charge in [-0.3, -0.25) is 40.2 Å². The summed E-state index contributed by atoms with van der Waals surface area (Å²) in [5, 5.41) is 29.4. The van der Waals surface area contributed by atoms with Gasteiger partial charge in [0.15, 0.2) is 0 Å². The SMILES string of the molecule is CC(=N)N(C(=O)OCc1ccc([N+](=O)[O-])cc1)C1CN(C(=O)[C@@H]2C[C@H](S)CN2C(=O)OCc2ccc([N+](=O)[O-])cc2)C1. The van der Waals surface area contributed by atoms with Crippen LogP contribution < -0.4 is 0 Å². The lowest BCUT2D eigenvalue weighted by atomic mass is 10.0. The predicted octanol–water partition coefficient (Wildman–Crippen LogP) is 3.36. The van der Waals surface area contributed by atoms with Gasteiger partial charge in [0.1, 0.15) is 25.1 Å². The average molecular weight is 601 g/mol. The van der Waals surface area contributed by atoms with E-state index in [0.29, 0.717) is 17.5 Å². The number of nitro benzene ring substituents is 2. The van der Waals surface area contributed by atoms with Gasteiger partial charge < -0.3 is 14.4 Å². The zero-order valence-corrected chi connectivity index (χ0v) is 23.3. The molecule has 3 amide bonds. The molecular weight excluding hydrogens is 572 g/mol. The first-order valence-corrected chi connectivity index (χ1v) is 13.3. The van der Waals surface area contributed by atoms with Gasteiger partial charge in [0, 0.05) is 49.1 Å². The molecule has 0 spiro atoms. The first-order valence-electron chi connectivity index (χ1n) is 12.8. The summed E-state index contributed by atoms with van der Waals surface area (Å²) in [5.41, 5.74) is 0.899. The Balaban J connectivity index is 1.30. The summed E-state index contributed by atoms with van der Waals surface area (Å²) in [6.45, 7) is 1.58. The molecule has 0 bridgehead atoms. The molecule has 15 nitrogen and oxygen atoms in total. The highest BCUT2D eigenvalue weighted by molar-refractivity contribution is 7.81. The van der Waals surface area contributed by atoms with Crippen LogP contribution in [0.2, 0.25) is 0 Å². The molecular formula is C26H28N6O9S. The number of thiol groups is 1. The number of amidine groups is 1. The molecule has 2 aliphatic rings. The Morgan fingerprint density at radius 3 is 1.90 bits per heavy atom. The number of ether oxygens (including phenoxy) is 2. The van der Waals surface area contributed by atoms with Gasteiger partial charge in [0.05, 0.1) is 15.9 Å². The molecule has 0 saturated carbocycles. The quantitative estimate of drug-likeness (QED) is 0.150. The molecule has 2 aromatic carbocycles. The Bertz CT molecular complexity index is 1380. The minimum atomic E-state index is -0.818. The third-order valence-corrected chi connectivity index (χ3v) is 7.29. The average Bonchev–Trinajstić information content (AvgIpc) is 3.33. The number of carbonyl (C=O) groups is 3. The summed E-state index contributed by atoms with van der Waals surface area (Å²) in [7, 11) is 0. The Morgan fingerprint density at radius 1 is 0.929 bits per heavy atom. The number of nitrogens with zero attached hydrogens (tertiary/aromatic N) is 5. The van der Waals surface area contributed by atoms with Crippen molar-refractivity contribution < 1.29 is 33.7 Å². The molecule has 0 aromatic heterocycles. The highest BCUT2D eigenvalue weighted by atomic mass is 32.1. The first-order chi connectivity index (χ1) is 19.9. The molecule has 16 heteroatoms. The van der Waals surface area contributed by atoms with Crippen LogP contribution in [0.25, 0.3) is 0 Å². The monoisotopic (exact) mass is 600 g/mol. The second-order valence-electron chi connectivity index (χ2n) is 9.87. The minimum Gasteiger partial charge on any atom is -0.445 e. The van der Waals surface area contributed by atoms with Crippen LogP contribution >= 0.6 is 12.6 Å². The number of nitrogens with one attached hydrogen (secondary N) is 1. The number of non-ortho nitro benzene ring substituents is 2. The van der Waals surface area contributed by atoms with Crippen molar-refractivity contribution in [3.8, 4) is 0 Å². The largest absolute Gasteiger partial charge is 0.445 e. The van der Waals surface area contributed by atoms with Crippen LogP contribution in [0.4, 0.5) is 21.0 Å². The Kier molecular flexibility index (Phi) is 9.25. The third kappa shape index (κ3) is 6.94. The van der Waals surface area contributed by atoms with Crippen LogP contribution in [0.3, 0.4) is 0 Å². The second kappa shape index (κ2) is 12.8. The number of carbonyl (C=O) groups excluding carboxylic acids is 3. The molecule has 1 N–H and O–H groups in total. The van der Waals surface area contributed by atoms with E-state index in [-0.39, 0.29) is 61.2 Å². The van der Waals surface area contributed by atoms with E-state index < -0.39 is 34.1 Å². The van der Waals surface area contributed by atoms with Gasteiger partial charge in [0.25, 0.3) is 11.4 Å². The lowest BCUT2D eigenvalue weighted by Crippen LogP contribution is -2.65. The second-order valence-corrected chi connectivity index (χ2v) is 10.6. The molecule has 2 aliphatic heterocycles. The van der Waals surface area contributed by atoms with Crippen LogP contribution in [0.1, 0.15) is 24.5 Å². The summed E-state index contributed by atoms with van der Waals surface area (Å²) in [6.07, 6.45) is -1.20. The summed E-state index contributed by atoms with van der Waals surface area (Å²) in [6, 6.07) is 9.78. The number of rotatable bonds is 8. The van der Waals surface area contributed by atoms with Crippen molar-refractivity contribution in [2.24, 2.45) is 0 Å². The maximum atomic E-state index is 13.3. The van der Waals surface area contributed by atoms with E-state index in [2.05, 4.69) is 12.6 Å². The maximum Gasteiger partial charge on any atom is 0.415 e. The molecule has 2 saturated heterocycles. The zero-order chi connectivity index (χ0) is 30.6. The van der Waals surface area contributed by atoms with E-state index in [0.717, 1.165) is 4.90 Å². The van der Waals surface area contributed by atoms with E-state index in [1.165, 1.54) is 65.3 Å². The third-order valence-electron chi connectivity index (χ3n) is 6.91. The normalized spacial score (nSPS) is 18.1. The number of benzene rings is 2. The van der Waals surface area contributed by atoms with Gasteiger partial charge in [-0.25, -0.2) is 9.59 Å². The van der Waals surface area contributed by atoms with E-state index >= 15 is 0 Å². The van der Waals surface area contributed by atoms with E-state index in [1.807, 2.05) is 0 Å². The van der Waals surface area contributed by atoms with Gasteiger partial charge in [-0.15, -0.1) is 0 Å². The van der Waals surface area contributed by atoms with Crippen molar-refractivity contribution in [2.45, 2.75) is 43.9 Å². The van der Waals surface area contributed by atoms with Crippen molar-refractivity contribution in [2.75, 3.05) is 19.6 Å². The molecule has 4 rings (SSSR count). The Morgan fingerprint density at radius 2 is 1.43 bits per heavy atom. The summed E-state index contributed by atoms with van der Waals surface area (Å²) in [4.78, 5) is 63.4. The van der Waals surface area contributed by atoms with Crippen LogP contribution in [-0.2, 0) is 27.5 Å². The summed E-state index contributed by atoms with van der Waals surface area (Å²) in [5.74, 6) is -0.412. The molecule has 2 heterocycles. The van der Waals surface area contributed by atoms with Gasteiger partial charge in [-0.1, -0.05) is 0 Å². The number of hydrogen-bond donors (Lipinski definition) is 2. The fourth-order valence-electron chi connectivity index (χ4n) is 4.69. The van der Waals surface area contributed by atoms with E-state index in [1.54, 1.807) is 0 Å². The van der Waals surface area contributed by atoms with E-state index in [9.17, 15) is 34.6 Å². The van der Waals surface area contributed by atoms with E-state index in [4.69, 9.17) is 14.9 Å². The van der Waals surface area contributed by atoms with Crippen LogP contribution in [0.15, 0.2) is 48.5 Å². The Labute approximate surface area is 245 Å². The molecule has 42 heavy (non-hydrogen) atoms. The lowest BCUT2D eigenvalue weighted by Gasteiger charge is -2.45. The maximum absolute atomic E-state index is 13.3. The van der Waals surface area contributed by atoms with Crippen molar-refractivity contribution in [3.05, 3.63) is 79.9 Å². The van der Waals surface area contributed by atoms with Gasteiger partial charge >= 0.3 is 12.2 Å². The first kappa shape index (κ1) is 30.2. The standard InChI is InChI=1S/C26H28N6O9S/c1-16(27)30(26(35)41-15-18-4-8-20(9-5-18)32(38)39)21-11-28(12-21)24(33)23-10-22(42)13-29(23)25(34)40-14-17-2-6-19(7-3-17)31(36)37/h2-9,21-23,27,42H,10-15H2,1H3/t22-,23-/m0/s1. The fraction of sp³-hybridized carbons (Fsp3) is 0.385. The van der Waals surface area contributed by atoms with Crippen molar-refractivity contribution >= 4 is 47.9 Å². The number of likely N-dealkylation sites (tertiary alicyclic amines) is 2. The Hall–Kier alpha value is -4.73. The van der Waals surface area contributed by atoms with Gasteiger partial charge in [0.2, 0.25) is 5.91 Å². The van der Waals surface area contributed by atoms with Gasteiger partial charge in [-0.2, -0.15) is 12.6 Å². The minimum absolute atomic E-state index is 0.0754. The summed E-state index contributed by atoms with van der Waals surface area (Å²) >= 11 is 4.44. The summed E-state index contributed by atoms with van der Waals surface area (Å²) < 4.78 is 10.7. The fourth-order valence-corrected chi connectivity index (χ4v) is 5.06. The van der Waals surface area contributed by atoms with Gasteiger partial charge in [-0.05, 0) is 48.7 Å². The van der Waals surface area contributed by atoms with Crippen LogP contribution in [0.5, 0.6) is 0 Å². The molecule has 2 aromatic rings. The van der Waals surface area contributed by atoms with Crippen LogP contribution in [-0.4, -0.2) is 85.4 Å². The smallest absolute Gasteiger partial charge is 0.415 e. The topological polar surface area (TPSA) is 190 Å². The number of amides is 3. The molecule has 0 radical (unpaired) electrons. The molecule has 2 atom stereocenters. The molecule has 0 unspecified atom stereocenters. The van der Waals surface area contributed by atoms with Crippen molar-refractivity contribution in [3.63, 3.8) is 0 Å². The van der Waals surface area contributed by atoms with Crippen LogP contribution in [0, 0.1) is 25.6 Å². The highest BCUT2D eigenvalue weighted by Gasteiger charge is 2.46.